The van der Waals surface area contributed by atoms with Crippen molar-refractivity contribution >= 4 is 11.8 Å². The van der Waals surface area contributed by atoms with Crippen LogP contribution in [0, 0.1) is 0 Å². The van der Waals surface area contributed by atoms with Gasteiger partial charge in [0.1, 0.15) is 0 Å². The molecule has 8 heteroatoms. The van der Waals surface area contributed by atoms with Crippen LogP contribution in [0.5, 0.6) is 5.88 Å². The van der Waals surface area contributed by atoms with Gasteiger partial charge in [0, 0.05) is 20.2 Å². The lowest BCUT2D eigenvalue weighted by molar-refractivity contribution is -0.0553. The maximum Gasteiger partial charge on any atom is 0.388 e. The van der Waals surface area contributed by atoms with Gasteiger partial charge in [-0.1, -0.05) is 0 Å². The number of urea groups is 1. The number of hydrogen-bond acceptors (Lipinski definition) is 3. The summed E-state index contributed by atoms with van der Waals surface area (Å²) < 4.78 is 29.0. The Morgan fingerprint density at radius 2 is 2.33 bits per heavy atom. The minimum absolute atomic E-state index is 0.128. The van der Waals surface area contributed by atoms with Gasteiger partial charge in [0.05, 0.1) is 0 Å². The van der Waals surface area contributed by atoms with E-state index < -0.39 is 12.6 Å². The molecule has 0 aliphatic rings. The summed E-state index contributed by atoms with van der Waals surface area (Å²) >= 11 is 0. The molecule has 0 atom stereocenters. The molecule has 0 radical (unpaired) electrons. The smallest absolute Gasteiger partial charge is 0.388 e. The lowest BCUT2D eigenvalue weighted by atomic mass is 10.6. The predicted molar refractivity (Wildman–Crippen MR) is 47.9 cm³/mol. The molecular formula is C7H10F2N4O2. The topological polar surface area (TPSA) is 68.2 Å². The zero-order valence-electron chi connectivity index (χ0n) is 8.12. The molecule has 2 amide bonds. The first-order valence-corrected chi connectivity index (χ1v) is 4.00. The van der Waals surface area contributed by atoms with Gasteiger partial charge in [0.25, 0.3) is 0 Å². The van der Waals surface area contributed by atoms with Gasteiger partial charge >= 0.3 is 12.6 Å². The van der Waals surface area contributed by atoms with Crippen molar-refractivity contribution in [3.05, 3.63) is 6.07 Å². The van der Waals surface area contributed by atoms with Gasteiger partial charge in [-0.05, 0) is 0 Å². The molecule has 1 rings (SSSR count). The first-order valence-electron chi connectivity index (χ1n) is 4.00. The van der Waals surface area contributed by atoms with Crippen LogP contribution in [0.2, 0.25) is 0 Å². The SMILES string of the molecule is CNC(=O)Nc1cc(OC(F)F)n(C)n1. The van der Waals surface area contributed by atoms with Crippen molar-refractivity contribution in [3.8, 4) is 5.88 Å². The van der Waals surface area contributed by atoms with Crippen LogP contribution >= 0.6 is 0 Å². The molecule has 0 saturated carbocycles. The standard InChI is InChI=1S/C7H10F2N4O2/c1-10-7(14)11-4-3-5(13(2)12-4)15-6(8)9/h3,6H,1-2H3,(H2,10,11,12,14). The molecule has 0 fully saturated rings. The Bertz CT molecular complexity index is 353. The molecule has 0 saturated heterocycles. The minimum atomic E-state index is -2.92. The Kier molecular flexibility index (Phi) is 3.42. The van der Waals surface area contributed by atoms with Crippen LogP contribution < -0.4 is 15.4 Å². The van der Waals surface area contributed by atoms with E-state index in [2.05, 4.69) is 20.5 Å². The van der Waals surface area contributed by atoms with Crippen molar-refractivity contribution in [2.24, 2.45) is 7.05 Å². The Hall–Kier alpha value is -1.86. The summed E-state index contributed by atoms with van der Waals surface area (Å²) in [6, 6.07) is 0.707. The van der Waals surface area contributed by atoms with E-state index in [4.69, 9.17) is 0 Å². The van der Waals surface area contributed by atoms with Gasteiger partial charge in [-0.15, -0.1) is 0 Å². The Morgan fingerprint density at radius 3 is 2.87 bits per heavy atom. The highest BCUT2D eigenvalue weighted by molar-refractivity contribution is 5.88. The molecule has 84 valence electrons. The fourth-order valence-electron chi connectivity index (χ4n) is 0.892. The molecule has 2 N–H and O–H groups in total. The quantitative estimate of drug-likeness (QED) is 0.790. The molecule has 6 nitrogen and oxygen atoms in total. The summed E-state index contributed by atoms with van der Waals surface area (Å²) in [5.41, 5.74) is 0. The summed E-state index contributed by atoms with van der Waals surface area (Å²) in [5.74, 6) is 0.00361. The summed E-state index contributed by atoms with van der Waals surface area (Å²) in [7, 11) is 2.85. The first kappa shape index (κ1) is 11.2. The minimum Gasteiger partial charge on any atom is -0.417 e. The van der Waals surface area contributed by atoms with Crippen LogP contribution in [0.25, 0.3) is 0 Å². The third-order valence-corrected chi connectivity index (χ3v) is 1.52. The fraction of sp³-hybridized carbons (Fsp3) is 0.429. The highest BCUT2D eigenvalue weighted by atomic mass is 19.3. The van der Waals surface area contributed by atoms with Crippen molar-refractivity contribution in [2.45, 2.75) is 6.61 Å². The van der Waals surface area contributed by atoms with Crippen LogP contribution in [0.4, 0.5) is 19.4 Å². The first-order chi connectivity index (χ1) is 7.02. The number of halogens is 2. The molecule has 15 heavy (non-hydrogen) atoms. The van der Waals surface area contributed by atoms with Gasteiger partial charge in [-0.3, -0.25) is 5.32 Å². The molecular weight excluding hydrogens is 210 g/mol. The fourth-order valence-corrected chi connectivity index (χ4v) is 0.892. The Balaban J connectivity index is 2.72. The Labute approximate surface area is 84.2 Å². The number of rotatable bonds is 3. The molecule has 0 unspecified atom stereocenters. The molecule has 0 spiro atoms. The van der Waals surface area contributed by atoms with Crippen LogP contribution in [0.3, 0.4) is 0 Å². The molecule has 0 aliphatic carbocycles. The van der Waals surface area contributed by atoms with Crippen molar-refractivity contribution in [2.75, 3.05) is 12.4 Å². The van der Waals surface area contributed by atoms with E-state index in [1.54, 1.807) is 0 Å². The number of nitrogens with one attached hydrogen (secondary N) is 2. The summed E-state index contributed by atoms with van der Waals surface area (Å²) in [5, 5.41) is 8.35. The summed E-state index contributed by atoms with van der Waals surface area (Å²) in [4.78, 5) is 10.9. The number of aryl methyl sites for hydroxylation is 1. The van der Waals surface area contributed by atoms with Gasteiger partial charge in [0.2, 0.25) is 5.88 Å². The van der Waals surface area contributed by atoms with Crippen molar-refractivity contribution in [1.29, 1.82) is 0 Å². The van der Waals surface area contributed by atoms with E-state index >= 15 is 0 Å². The van der Waals surface area contributed by atoms with Crippen LogP contribution in [-0.4, -0.2) is 29.5 Å². The van der Waals surface area contributed by atoms with Crippen LogP contribution in [0.15, 0.2) is 6.07 Å². The van der Waals surface area contributed by atoms with Gasteiger partial charge in [-0.2, -0.15) is 13.9 Å². The second-order valence-electron chi connectivity index (χ2n) is 2.57. The third kappa shape index (κ3) is 3.08. The van der Waals surface area contributed by atoms with E-state index in [0.717, 1.165) is 4.68 Å². The monoisotopic (exact) mass is 220 g/mol. The van der Waals surface area contributed by atoms with E-state index in [9.17, 15) is 13.6 Å². The summed E-state index contributed by atoms with van der Waals surface area (Å²) in [6.07, 6.45) is 0. The number of carbonyl (C=O) groups is 1. The number of alkyl halides is 2. The molecule has 1 aromatic heterocycles. The second kappa shape index (κ2) is 4.58. The molecule has 0 aliphatic heterocycles. The highest BCUT2D eigenvalue weighted by Gasteiger charge is 2.12. The number of hydrogen-bond donors (Lipinski definition) is 2. The number of carbonyl (C=O) groups excluding carboxylic acids is 1. The van der Waals surface area contributed by atoms with Gasteiger partial charge < -0.3 is 10.1 Å². The molecule has 0 bridgehead atoms. The normalized spacial score (nSPS) is 10.2. The lowest BCUT2D eigenvalue weighted by Gasteiger charge is -2.01. The Morgan fingerprint density at radius 1 is 1.67 bits per heavy atom. The van der Waals surface area contributed by atoms with Crippen molar-refractivity contribution < 1.29 is 18.3 Å². The van der Waals surface area contributed by atoms with Crippen molar-refractivity contribution in [3.63, 3.8) is 0 Å². The average Bonchev–Trinajstić information content (AvgIpc) is 2.45. The number of anilines is 1. The second-order valence-corrected chi connectivity index (χ2v) is 2.57. The zero-order chi connectivity index (χ0) is 11.4. The van der Waals surface area contributed by atoms with Crippen LogP contribution in [-0.2, 0) is 7.05 Å². The average molecular weight is 220 g/mol. The molecule has 1 heterocycles. The third-order valence-electron chi connectivity index (χ3n) is 1.52. The molecule has 0 aromatic carbocycles. The number of aromatic nitrogens is 2. The van der Waals surface area contributed by atoms with E-state index in [-0.39, 0.29) is 11.7 Å². The maximum atomic E-state index is 11.9. The zero-order valence-corrected chi connectivity index (χ0v) is 8.12. The number of nitrogens with zero attached hydrogens (tertiary/aromatic N) is 2. The van der Waals surface area contributed by atoms with E-state index in [1.807, 2.05) is 0 Å². The maximum absolute atomic E-state index is 11.9. The lowest BCUT2D eigenvalue weighted by Crippen LogP contribution is -2.24. The van der Waals surface area contributed by atoms with Gasteiger partial charge in [0.15, 0.2) is 5.82 Å². The van der Waals surface area contributed by atoms with Crippen LogP contribution in [0.1, 0.15) is 0 Å². The summed E-state index contributed by atoms with van der Waals surface area (Å²) in [6.45, 7) is -2.92. The van der Waals surface area contributed by atoms with E-state index in [1.165, 1.54) is 20.2 Å². The highest BCUT2D eigenvalue weighted by Crippen LogP contribution is 2.17. The predicted octanol–water partition coefficient (Wildman–Crippen LogP) is 0.773. The number of ether oxygens (including phenoxy) is 1. The van der Waals surface area contributed by atoms with Gasteiger partial charge in [-0.25, -0.2) is 9.48 Å². The molecule has 1 aromatic rings. The number of amides is 2. The van der Waals surface area contributed by atoms with E-state index in [0.29, 0.717) is 0 Å². The largest absolute Gasteiger partial charge is 0.417 e. The van der Waals surface area contributed by atoms with Crippen molar-refractivity contribution in [1.82, 2.24) is 15.1 Å².